The minimum atomic E-state index is -0.745. The lowest BCUT2D eigenvalue weighted by atomic mass is 9.62. The number of benzene rings is 2. The van der Waals surface area contributed by atoms with Crippen molar-refractivity contribution < 1.29 is 15.0 Å². The molecule has 0 aliphatic heterocycles. The summed E-state index contributed by atoms with van der Waals surface area (Å²) in [6, 6.07) is 20.9. The Morgan fingerprint density at radius 3 is 1.62 bits per heavy atom. The SMILES string of the molecule is CCC(=O)O.CCC(O)C(c1ccccc1)(c1ccccc1)C(C)CN(C)C.Cl. The fourth-order valence-electron chi connectivity index (χ4n) is 3.89. The first-order valence-corrected chi connectivity index (χ1v) is 9.96. The van der Waals surface area contributed by atoms with Gasteiger partial charge in [-0.15, -0.1) is 12.4 Å². The van der Waals surface area contributed by atoms with Crippen LogP contribution in [0.5, 0.6) is 0 Å². The highest BCUT2D eigenvalue weighted by atomic mass is 35.5. The van der Waals surface area contributed by atoms with Crippen molar-refractivity contribution in [3.8, 4) is 0 Å². The number of carboxylic acids is 1. The summed E-state index contributed by atoms with van der Waals surface area (Å²) in [5, 5.41) is 18.9. The van der Waals surface area contributed by atoms with E-state index in [2.05, 4.69) is 81.4 Å². The summed E-state index contributed by atoms with van der Waals surface area (Å²) in [6.45, 7) is 6.83. The monoisotopic (exact) mass is 421 g/mol. The second kappa shape index (κ2) is 13.4. The van der Waals surface area contributed by atoms with Crippen LogP contribution in [0.3, 0.4) is 0 Å². The minimum Gasteiger partial charge on any atom is -0.481 e. The van der Waals surface area contributed by atoms with Gasteiger partial charge in [0, 0.05) is 18.4 Å². The van der Waals surface area contributed by atoms with Gasteiger partial charge in [0.15, 0.2) is 0 Å². The molecular formula is C24H36ClNO3. The number of hydrogen-bond donors (Lipinski definition) is 2. The fraction of sp³-hybridized carbons (Fsp3) is 0.458. The first-order chi connectivity index (χ1) is 13.3. The fourth-order valence-corrected chi connectivity index (χ4v) is 3.89. The van der Waals surface area contributed by atoms with Crippen LogP contribution in [0.15, 0.2) is 60.7 Å². The van der Waals surface area contributed by atoms with E-state index in [1.54, 1.807) is 6.92 Å². The Kier molecular flexibility index (Phi) is 12.5. The molecule has 2 aromatic rings. The summed E-state index contributed by atoms with van der Waals surface area (Å²) in [6.07, 6.45) is 0.518. The third-order valence-electron chi connectivity index (χ3n) is 5.13. The van der Waals surface area contributed by atoms with E-state index in [9.17, 15) is 9.90 Å². The number of rotatable bonds is 8. The van der Waals surface area contributed by atoms with E-state index >= 15 is 0 Å². The Labute approximate surface area is 182 Å². The van der Waals surface area contributed by atoms with Gasteiger partial charge in [0.1, 0.15) is 0 Å². The molecule has 0 saturated heterocycles. The average Bonchev–Trinajstić information content (AvgIpc) is 2.70. The first kappa shape index (κ1) is 27.1. The van der Waals surface area contributed by atoms with Gasteiger partial charge in [0.2, 0.25) is 0 Å². The molecule has 0 aliphatic rings. The molecule has 5 heteroatoms. The molecule has 2 atom stereocenters. The summed E-state index contributed by atoms with van der Waals surface area (Å²) < 4.78 is 0. The van der Waals surface area contributed by atoms with E-state index in [0.717, 1.165) is 13.0 Å². The van der Waals surface area contributed by atoms with Gasteiger partial charge in [-0.2, -0.15) is 0 Å². The normalized spacial score (nSPS) is 12.9. The second-order valence-electron chi connectivity index (χ2n) is 7.44. The number of hydrogen-bond acceptors (Lipinski definition) is 3. The Hall–Kier alpha value is -1.88. The molecule has 0 saturated carbocycles. The van der Waals surface area contributed by atoms with E-state index in [1.807, 2.05) is 12.1 Å². The van der Waals surface area contributed by atoms with Gasteiger partial charge in [0.25, 0.3) is 0 Å². The number of nitrogens with zero attached hydrogens (tertiary/aromatic N) is 1. The molecule has 0 radical (unpaired) electrons. The molecule has 29 heavy (non-hydrogen) atoms. The topological polar surface area (TPSA) is 60.8 Å². The van der Waals surface area contributed by atoms with Gasteiger partial charge in [-0.3, -0.25) is 4.79 Å². The molecular weight excluding hydrogens is 386 g/mol. The molecule has 2 rings (SSSR count). The van der Waals surface area contributed by atoms with Crippen molar-refractivity contribution in [3.05, 3.63) is 71.8 Å². The smallest absolute Gasteiger partial charge is 0.303 e. The second-order valence-corrected chi connectivity index (χ2v) is 7.44. The van der Waals surface area contributed by atoms with Gasteiger partial charge in [-0.1, -0.05) is 81.4 Å². The highest BCUT2D eigenvalue weighted by Crippen LogP contribution is 2.43. The van der Waals surface area contributed by atoms with Crippen molar-refractivity contribution in [1.82, 2.24) is 4.90 Å². The average molecular weight is 422 g/mol. The Morgan fingerprint density at radius 1 is 0.966 bits per heavy atom. The zero-order valence-corrected chi connectivity index (χ0v) is 19.0. The molecule has 2 aromatic carbocycles. The van der Waals surface area contributed by atoms with Crippen molar-refractivity contribution in [2.75, 3.05) is 20.6 Å². The summed E-state index contributed by atoms with van der Waals surface area (Å²) in [7, 11) is 4.19. The van der Waals surface area contributed by atoms with Crippen molar-refractivity contribution in [3.63, 3.8) is 0 Å². The number of halogens is 1. The molecule has 0 spiro atoms. The Balaban J connectivity index is 0.00000117. The van der Waals surface area contributed by atoms with Gasteiger partial charge in [0.05, 0.1) is 6.10 Å². The summed E-state index contributed by atoms with van der Waals surface area (Å²) in [5.41, 5.74) is 1.98. The number of carbonyl (C=O) groups is 1. The predicted molar refractivity (Wildman–Crippen MR) is 123 cm³/mol. The van der Waals surface area contributed by atoms with Crippen LogP contribution >= 0.6 is 12.4 Å². The van der Waals surface area contributed by atoms with E-state index in [4.69, 9.17) is 5.11 Å². The van der Waals surface area contributed by atoms with E-state index in [-0.39, 0.29) is 24.7 Å². The van der Waals surface area contributed by atoms with Crippen LogP contribution in [0.25, 0.3) is 0 Å². The third kappa shape index (κ3) is 7.14. The maximum Gasteiger partial charge on any atom is 0.303 e. The van der Waals surface area contributed by atoms with Gasteiger partial charge in [-0.25, -0.2) is 0 Å². The summed E-state index contributed by atoms with van der Waals surface area (Å²) in [5.74, 6) is -0.470. The largest absolute Gasteiger partial charge is 0.481 e. The molecule has 0 aliphatic carbocycles. The standard InChI is InChI=1S/C21H29NO.C3H6O2.ClH/c1-5-20(23)21(17(2)16-22(3)4,18-12-8-6-9-13-18)19-14-10-7-11-15-19;1-2-3(4)5;/h6-15,17,20,23H,5,16H2,1-4H3;2H2,1H3,(H,4,5);1H. The van der Waals surface area contributed by atoms with Gasteiger partial charge in [-0.05, 0) is 37.6 Å². The lowest BCUT2D eigenvalue weighted by Gasteiger charge is -2.45. The summed E-state index contributed by atoms with van der Waals surface area (Å²) in [4.78, 5) is 11.6. The van der Waals surface area contributed by atoms with Gasteiger partial charge >= 0.3 is 5.97 Å². The maximum absolute atomic E-state index is 11.1. The molecule has 0 fully saturated rings. The molecule has 4 nitrogen and oxygen atoms in total. The van der Waals surface area contributed by atoms with Crippen LogP contribution in [0.4, 0.5) is 0 Å². The third-order valence-corrected chi connectivity index (χ3v) is 5.13. The van der Waals surface area contributed by atoms with Crippen LogP contribution < -0.4 is 0 Å². The zero-order valence-electron chi connectivity index (χ0n) is 18.2. The van der Waals surface area contributed by atoms with Crippen molar-refractivity contribution in [1.29, 1.82) is 0 Å². The molecule has 2 unspecified atom stereocenters. The molecule has 0 bridgehead atoms. The Bertz CT molecular complexity index is 652. The highest BCUT2D eigenvalue weighted by Gasteiger charge is 2.45. The van der Waals surface area contributed by atoms with Gasteiger partial charge < -0.3 is 15.1 Å². The van der Waals surface area contributed by atoms with Crippen LogP contribution in [0.2, 0.25) is 0 Å². The maximum atomic E-state index is 11.1. The zero-order chi connectivity index (χ0) is 21.2. The van der Waals surface area contributed by atoms with Crippen LogP contribution in [-0.2, 0) is 10.2 Å². The minimum absolute atomic E-state index is 0. The van der Waals surface area contributed by atoms with E-state index < -0.39 is 17.5 Å². The van der Waals surface area contributed by atoms with Crippen LogP contribution in [-0.4, -0.2) is 47.8 Å². The Morgan fingerprint density at radius 2 is 1.34 bits per heavy atom. The number of carboxylic acid groups (broad SMARTS) is 1. The first-order valence-electron chi connectivity index (χ1n) is 9.96. The summed E-state index contributed by atoms with van der Waals surface area (Å²) >= 11 is 0. The quantitative estimate of drug-likeness (QED) is 0.639. The molecule has 0 amide bonds. The number of aliphatic hydroxyl groups excluding tert-OH is 1. The lowest BCUT2D eigenvalue weighted by molar-refractivity contribution is -0.136. The van der Waals surface area contributed by atoms with Crippen molar-refractivity contribution in [2.24, 2.45) is 5.92 Å². The number of aliphatic hydroxyl groups is 1. The molecule has 2 N–H and O–H groups in total. The van der Waals surface area contributed by atoms with E-state index in [1.165, 1.54) is 11.1 Å². The van der Waals surface area contributed by atoms with Crippen LogP contribution in [0.1, 0.15) is 44.7 Å². The molecule has 0 aromatic heterocycles. The van der Waals surface area contributed by atoms with Crippen molar-refractivity contribution in [2.45, 2.75) is 45.1 Å². The lowest BCUT2D eigenvalue weighted by Crippen LogP contribution is -2.49. The predicted octanol–water partition coefficient (Wildman–Crippen LogP) is 4.84. The van der Waals surface area contributed by atoms with Crippen molar-refractivity contribution >= 4 is 18.4 Å². The van der Waals surface area contributed by atoms with Crippen LogP contribution in [0, 0.1) is 5.92 Å². The molecule has 162 valence electrons. The molecule has 0 heterocycles. The highest BCUT2D eigenvalue weighted by molar-refractivity contribution is 5.85. The number of aliphatic carboxylic acids is 1. The van der Waals surface area contributed by atoms with E-state index in [0.29, 0.717) is 0 Å².